The Balaban J connectivity index is 2.35. The molecule has 0 unspecified atom stereocenters. The van der Waals surface area contributed by atoms with Crippen LogP contribution in [0, 0.1) is 0 Å². The van der Waals surface area contributed by atoms with Crippen molar-refractivity contribution < 1.29 is 9.57 Å². The van der Waals surface area contributed by atoms with E-state index in [1.54, 1.807) is 19.4 Å². The van der Waals surface area contributed by atoms with Crippen LogP contribution in [-0.4, -0.2) is 20.8 Å². The van der Waals surface area contributed by atoms with E-state index < -0.39 is 0 Å². The number of nitrogens with one attached hydrogen (secondary N) is 1. The number of fused-ring (bicyclic) bond motifs is 1. The molecule has 0 saturated heterocycles. The van der Waals surface area contributed by atoms with E-state index in [2.05, 4.69) is 5.43 Å². The van der Waals surface area contributed by atoms with Crippen molar-refractivity contribution >= 4 is 5.69 Å². The summed E-state index contributed by atoms with van der Waals surface area (Å²) in [7, 11) is 3.32. The molecule has 0 amide bonds. The van der Waals surface area contributed by atoms with Crippen LogP contribution in [0.5, 0.6) is 5.75 Å². The zero-order valence-electron chi connectivity index (χ0n) is 8.41. The Morgan fingerprint density at radius 1 is 1.36 bits per heavy atom. The summed E-state index contributed by atoms with van der Waals surface area (Å²) in [5.41, 5.74) is 5.43. The first-order chi connectivity index (χ1) is 6.85. The third-order valence-electron chi connectivity index (χ3n) is 2.34. The number of benzene rings is 1. The molecule has 0 spiro atoms. The Morgan fingerprint density at radius 2 is 2.21 bits per heavy atom. The molecule has 4 nitrogen and oxygen atoms in total. The predicted octanol–water partition coefficient (Wildman–Crippen LogP) is 1.12. The van der Waals surface area contributed by atoms with Gasteiger partial charge in [0.2, 0.25) is 0 Å². The zero-order valence-corrected chi connectivity index (χ0v) is 8.41. The molecule has 1 heterocycles. The van der Waals surface area contributed by atoms with Gasteiger partial charge in [-0.3, -0.25) is 4.84 Å². The second-order valence-electron chi connectivity index (χ2n) is 3.13. The summed E-state index contributed by atoms with van der Waals surface area (Å²) in [5, 5.41) is 1.68. The molecule has 0 bridgehead atoms. The molecular weight excluding hydrogens is 180 g/mol. The Labute approximate surface area is 83.3 Å². The van der Waals surface area contributed by atoms with Gasteiger partial charge in [0.25, 0.3) is 0 Å². The number of hydrazine groups is 1. The van der Waals surface area contributed by atoms with E-state index in [-0.39, 0.29) is 0 Å². The first-order valence-corrected chi connectivity index (χ1v) is 4.60. The Morgan fingerprint density at radius 3 is 2.93 bits per heavy atom. The van der Waals surface area contributed by atoms with Gasteiger partial charge in [-0.2, -0.15) is 5.17 Å². The minimum absolute atomic E-state index is 0.883. The van der Waals surface area contributed by atoms with Crippen LogP contribution in [0.2, 0.25) is 0 Å². The first-order valence-electron chi connectivity index (χ1n) is 4.60. The van der Waals surface area contributed by atoms with Gasteiger partial charge >= 0.3 is 0 Å². The highest BCUT2D eigenvalue weighted by Gasteiger charge is 2.16. The van der Waals surface area contributed by atoms with Gasteiger partial charge < -0.3 is 4.74 Å². The van der Waals surface area contributed by atoms with Crippen molar-refractivity contribution in [1.82, 2.24) is 5.43 Å². The average molecular weight is 194 g/mol. The van der Waals surface area contributed by atoms with Gasteiger partial charge in [-0.25, -0.2) is 5.43 Å². The first kappa shape index (κ1) is 9.30. The van der Waals surface area contributed by atoms with E-state index in [0.29, 0.717) is 0 Å². The number of ether oxygens (including phenoxy) is 1. The molecule has 0 radical (unpaired) electrons. The van der Waals surface area contributed by atoms with Crippen LogP contribution in [0.4, 0.5) is 5.69 Å². The molecule has 0 atom stereocenters. The van der Waals surface area contributed by atoms with Gasteiger partial charge in [-0.05, 0) is 30.2 Å². The lowest BCUT2D eigenvalue weighted by Gasteiger charge is -2.29. The molecule has 0 aromatic heterocycles. The fourth-order valence-corrected chi connectivity index (χ4v) is 1.63. The number of methoxy groups -OCH3 is 1. The van der Waals surface area contributed by atoms with Gasteiger partial charge in [0, 0.05) is 6.54 Å². The maximum absolute atomic E-state index is 5.17. The fraction of sp³-hybridized carbons (Fsp3) is 0.400. The summed E-state index contributed by atoms with van der Waals surface area (Å²) < 4.78 is 5.17. The molecule has 1 aromatic carbocycles. The molecule has 1 aliphatic heterocycles. The van der Waals surface area contributed by atoms with Crippen LogP contribution >= 0.6 is 0 Å². The minimum atomic E-state index is 0.883. The Kier molecular flexibility index (Phi) is 2.56. The van der Waals surface area contributed by atoms with Gasteiger partial charge in [-0.1, -0.05) is 0 Å². The molecule has 76 valence electrons. The van der Waals surface area contributed by atoms with Crippen molar-refractivity contribution in [3.63, 3.8) is 0 Å². The molecule has 1 aromatic rings. The summed E-state index contributed by atoms with van der Waals surface area (Å²) in [6.45, 7) is 0.883. The molecule has 2 rings (SSSR count). The highest BCUT2D eigenvalue weighted by molar-refractivity contribution is 5.55. The summed E-state index contributed by atoms with van der Waals surface area (Å²) in [6, 6.07) is 5.96. The standard InChI is InChI=1S/C10H14N2O2/c1-13-9-3-4-10-8(7-9)5-6-11-12(10)14-2/h3-4,7,11H,5-6H2,1-2H3. The molecule has 0 fully saturated rings. The third kappa shape index (κ3) is 1.54. The quantitative estimate of drug-likeness (QED) is 0.765. The van der Waals surface area contributed by atoms with E-state index in [1.165, 1.54) is 5.56 Å². The van der Waals surface area contributed by atoms with Gasteiger partial charge in [-0.15, -0.1) is 0 Å². The molecule has 0 saturated carbocycles. The van der Waals surface area contributed by atoms with Crippen molar-refractivity contribution in [3.05, 3.63) is 23.8 Å². The van der Waals surface area contributed by atoms with E-state index in [1.807, 2.05) is 18.2 Å². The molecule has 14 heavy (non-hydrogen) atoms. The Hall–Kier alpha value is -1.26. The summed E-state index contributed by atoms with van der Waals surface area (Å²) in [5.74, 6) is 0.890. The SMILES string of the molecule is COc1ccc2c(c1)CCNN2OC. The molecular formula is C10H14N2O2. The van der Waals surface area contributed by atoms with E-state index in [0.717, 1.165) is 24.4 Å². The fourth-order valence-electron chi connectivity index (χ4n) is 1.63. The highest BCUT2D eigenvalue weighted by atomic mass is 16.7. The molecule has 1 aliphatic rings. The van der Waals surface area contributed by atoms with Crippen molar-refractivity contribution in [2.24, 2.45) is 0 Å². The monoisotopic (exact) mass is 194 g/mol. The zero-order chi connectivity index (χ0) is 9.97. The van der Waals surface area contributed by atoms with Crippen LogP contribution in [-0.2, 0) is 11.3 Å². The Bertz CT molecular complexity index is 328. The van der Waals surface area contributed by atoms with Crippen molar-refractivity contribution in [2.75, 3.05) is 25.9 Å². The second-order valence-corrected chi connectivity index (χ2v) is 3.13. The van der Waals surface area contributed by atoms with Crippen LogP contribution < -0.4 is 15.3 Å². The maximum Gasteiger partial charge on any atom is 0.119 e. The van der Waals surface area contributed by atoms with Crippen molar-refractivity contribution in [3.8, 4) is 5.75 Å². The third-order valence-corrected chi connectivity index (χ3v) is 2.34. The lowest BCUT2D eigenvalue weighted by molar-refractivity contribution is 0.131. The highest BCUT2D eigenvalue weighted by Crippen LogP contribution is 2.27. The lowest BCUT2D eigenvalue weighted by atomic mass is 10.1. The normalized spacial score (nSPS) is 15.1. The van der Waals surface area contributed by atoms with Gasteiger partial charge in [0.1, 0.15) is 5.75 Å². The number of nitrogens with zero attached hydrogens (tertiary/aromatic N) is 1. The van der Waals surface area contributed by atoms with Crippen LogP contribution in [0.3, 0.4) is 0 Å². The smallest absolute Gasteiger partial charge is 0.119 e. The number of hydrogen-bond donors (Lipinski definition) is 1. The van der Waals surface area contributed by atoms with Crippen LogP contribution in [0.1, 0.15) is 5.56 Å². The van der Waals surface area contributed by atoms with E-state index >= 15 is 0 Å². The summed E-state index contributed by atoms with van der Waals surface area (Å²) in [4.78, 5) is 5.17. The maximum atomic E-state index is 5.17. The summed E-state index contributed by atoms with van der Waals surface area (Å²) >= 11 is 0. The van der Waals surface area contributed by atoms with Crippen LogP contribution in [0.25, 0.3) is 0 Å². The second kappa shape index (κ2) is 3.86. The molecule has 4 heteroatoms. The van der Waals surface area contributed by atoms with Crippen LogP contribution in [0.15, 0.2) is 18.2 Å². The van der Waals surface area contributed by atoms with Gasteiger partial charge in [0.05, 0.1) is 19.9 Å². The largest absolute Gasteiger partial charge is 0.497 e. The van der Waals surface area contributed by atoms with Crippen molar-refractivity contribution in [2.45, 2.75) is 6.42 Å². The topological polar surface area (TPSA) is 33.7 Å². The molecule has 0 aliphatic carbocycles. The number of hydrogen-bond acceptors (Lipinski definition) is 4. The van der Waals surface area contributed by atoms with E-state index in [9.17, 15) is 0 Å². The predicted molar refractivity (Wildman–Crippen MR) is 54.2 cm³/mol. The molecule has 1 N–H and O–H groups in total. The number of rotatable bonds is 2. The lowest BCUT2D eigenvalue weighted by Crippen LogP contribution is -2.42. The average Bonchev–Trinajstić information content (AvgIpc) is 2.27. The minimum Gasteiger partial charge on any atom is -0.497 e. The van der Waals surface area contributed by atoms with Gasteiger partial charge in [0.15, 0.2) is 0 Å². The van der Waals surface area contributed by atoms with E-state index in [4.69, 9.17) is 9.57 Å². The number of anilines is 1. The summed E-state index contributed by atoms with van der Waals surface area (Å²) in [6.07, 6.45) is 0.992. The van der Waals surface area contributed by atoms with Crippen molar-refractivity contribution in [1.29, 1.82) is 0 Å².